The third kappa shape index (κ3) is 4.73. The highest BCUT2D eigenvalue weighted by Gasteiger charge is 2.37. The van der Waals surface area contributed by atoms with Gasteiger partial charge < -0.3 is 15.0 Å². The summed E-state index contributed by atoms with van der Waals surface area (Å²) < 4.78 is 45.4. The van der Waals surface area contributed by atoms with E-state index in [0.29, 0.717) is 29.9 Å². The summed E-state index contributed by atoms with van der Waals surface area (Å²) in [6.07, 6.45) is -3.79. The average molecular weight is 473 g/mol. The number of nitrogens with one attached hydrogen (secondary N) is 1. The highest BCUT2D eigenvalue weighted by molar-refractivity contribution is 6.04. The molecule has 34 heavy (non-hydrogen) atoms. The zero-order chi connectivity index (χ0) is 24.5. The Kier molecular flexibility index (Phi) is 6.27. The molecule has 8 nitrogen and oxygen atoms in total. The lowest BCUT2D eigenvalue weighted by Crippen LogP contribution is -2.29. The third-order valence-corrected chi connectivity index (χ3v) is 5.33. The van der Waals surface area contributed by atoms with Crippen LogP contribution in [-0.4, -0.2) is 39.7 Å². The van der Waals surface area contributed by atoms with E-state index in [-0.39, 0.29) is 30.5 Å². The van der Waals surface area contributed by atoms with Gasteiger partial charge >= 0.3 is 6.18 Å². The first-order chi connectivity index (χ1) is 16.2. The Morgan fingerprint density at radius 2 is 2.00 bits per heavy atom. The first kappa shape index (κ1) is 23.3. The van der Waals surface area contributed by atoms with E-state index in [1.54, 1.807) is 37.3 Å². The van der Waals surface area contributed by atoms with Crippen LogP contribution < -0.4 is 15.0 Å². The number of pyridine rings is 1. The lowest BCUT2D eigenvalue weighted by molar-refractivity contribution is -0.137. The molecule has 1 saturated heterocycles. The Labute approximate surface area is 193 Å². The van der Waals surface area contributed by atoms with Crippen LogP contribution in [0.1, 0.15) is 24.6 Å². The molecule has 2 aromatic heterocycles. The second-order valence-electron chi connectivity index (χ2n) is 7.78. The van der Waals surface area contributed by atoms with Crippen LogP contribution in [0.2, 0.25) is 0 Å². The van der Waals surface area contributed by atoms with Crippen LogP contribution in [0.3, 0.4) is 0 Å². The SMILES string of the molecule is CCOc1ccccc1N1CC(C(=O)Nc2cc(C)nn2-c2ccc(C(F)(F)F)cn2)CC1=O. The molecule has 0 saturated carbocycles. The summed E-state index contributed by atoms with van der Waals surface area (Å²) in [6.45, 7) is 4.13. The van der Waals surface area contributed by atoms with Gasteiger partial charge in [0.15, 0.2) is 5.82 Å². The predicted octanol–water partition coefficient (Wildman–Crippen LogP) is 3.98. The zero-order valence-electron chi connectivity index (χ0n) is 18.5. The molecular formula is C23H22F3N5O3. The van der Waals surface area contributed by atoms with Crippen molar-refractivity contribution in [3.05, 3.63) is 59.9 Å². The lowest BCUT2D eigenvalue weighted by Gasteiger charge is -2.20. The van der Waals surface area contributed by atoms with E-state index in [0.717, 1.165) is 6.07 Å². The fourth-order valence-corrected chi connectivity index (χ4v) is 3.74. The molecule has 0 spiro atoms. The Bertz CT molecular complexity index is 1210. The quantitative estimate of drug-likeness (QED) is 0.585. The van der Waals surface area contributed by atoms with E-state index in [1.807, 2.05) is 6.92 Å². The number of aryl methyl sites for hydroxylation is 1. The highest BCUT2D eigenvalue weighted by Crippen LogP contribution is 2.34. The fraction of sp³-hybridized carbons (Fsp3) is 0.304. The number of para-hydroxylation sites is 2. The third-order valence-electron chi connectivity index (χ3n) is 5.33. The van der Waals surface area contributed by atoms with Crippen molar-refractivity contribution in [2.75, 3.05) is 23.4 Å². The number of benzene rings is 1. The number of nitrogens with zero attached hydrogens (tertiary/aromatic N) is 4. The molecule has 4 rings (SSSR count). The number of halogens is 3. The van der Waals surface area contributed by atoms with Gasteiger partial charge in [-0.3, -0.25) is 9.59 Å². The molecule has 1 aliphatic heterocycles. The summed E-state index contributed by atoms with van der Waals surface area (Å²) in [5, 5.41) is 6.96. The van der Waals surface area contributed by atoms with Gasteiger partial charge in [0.25, 0.3) is 0 Å². The van der Waals surface area contributed by atoms with Gasteiger partial charge in [-0.15, -0.1) is 0 Å². The van der Waals surface area contributed by atoms with E-state index >= 15 is 0 Å². The number of anilines is 2. The minimum atomic E-state index is -4.51. The van der Waals surface area contributed by atoms with Crippen molar-refractivity contribution in [3.63, 3.8) is 0 Å². The molecule has 1 aromatic carbocycles. The van der Waals surface area contributed by atoms with Crippen LogP contribution in [0.4, 0.5) is 24.7 Å². The number of alkyl halides is 3. The van der Waals surface area contributed by atoms with Crippen LogP contribution in [0.25, 0.3) is 5.82 Å². The van der Waals surface area contributed by atoms with Crippen molar-refractivity contribution in [3.8, 4) is 11.6 Å². The number of amides is 2. The zero-order valence-corrected chi connectivity index (χ0v) is 18.5. The second-order valence-corrected chi connectivity index (χ2v) is 7.78. The fourth-order valence-electron chi connectivity index (χ4n) is 3.74. The smallest absolute Gasteiger partial charge is 0.417 e. The van der Waals surface area contributed by atoms with Crippen molar-refractivity contribution >= 4 is 23.3 Å². The second kappa shape index (κ2) is 9.16. The summed E-state index contributed by atoms with van der Waals surface area (Å²) in [5.74, 6) is -0.325. The molecule has 11 heteroatoms. The Hall–Kier alpha value is -3.89. The largest absolute Gasteiger partial charge is 0.492 e. The monoisotopic (exact) mass is 473 g/mol. The molecule has 0 radical (unpaired) electrons. The van der Waals surface area contributed by atoms with E-state index in [4.69, 9.17) is 4.74 Å². The minimum absolute atomic E-state index is 0.0118. The van der Waals surface area contributed by atoms with Crippen LogP contribution in [0.5, 0.6) is 5.75 Å². The first-order valence-electron chi connectivity index (χ1n) is 10.6. The van der Waals surface area contributed by atoms with Crippen molar-refractivity contribution in [2.45, 2.75) is 26.4 Å². The van der Waals surface area contributed by atoms with Crippen LogP contribution >= 0.6 is 0 Å². The molecule has 3 heterocycles. The predicted molar refractivity (Wildman–Crippen MR) is 118 cm³/mol. The van der Waals surface area contributed by atoms with E-state index < -0.39 is 23.6 Å². The molecule has 1 N–H and O–H groups in total. The molecule has 2 amide bonds. The maximum Gasteiger partial charge on any atom is 0.417 e. The van der Waals surface area contributed by atoms with Gasteiger partial charge in [0, 0.05) is 25.2 Å². The van der Waals surface area contributed by atoms with Gasteiger partial charge in [-0.05, 0) is 38.1 Å². The van der Waals surface area contributed by atoms with Gasteiger partial charge in [0.2, 0.25) is 11.8 Å². The lowest BCUT2D eigenvalue weighted by atomic mass is 10.1. The van der Waals surface area contributed by atoms with Crippen molar-refractivity contribution in [1.29, 1.82) is 0 Å². The summed E-state index contributed by atoms with van der Waals surface area (Å²) in [6, 6.07) is 10.8. The van der Waals surface area contributed by atoms with Gasteiger partial charge in [-0.2, -0.15) is 23.0 Å². The van der Waals surface area contributed by atoms with Crippen LogP contribution in [0.15, 0.2) is 48.7 Å². The number of ether oxygens (including phenoxy) is 1. The summed E-state index contributed by atoms with van der Waals surface area (Å²) in [5.41, 5.74) is 0.244. The molecular weight excluding hydrogens is 451 g/mol. The Balaban J connectivity index is 1.52. The molecule has 1 atom stereocenters. The maximum atomic E-state index is 13.0. The molecule has 3 aromatic rings. The number of rotatable bonds is 6. The van der Waals surface area contributed by atoms with E-state index in [1.165, 1.54) is 15.6 Å². The number of carbonyl (C=O) groups excluding carboxylic acids is 2. The molecule has 1 fully saturated rings. The molecule has 1 unspecified atom stereocenters. The van der Waals surface area contributed by atoms with Crippen molar-refractivity contribution in [2.24, 2.45) is 5.92 Å². The summed E-state index contributed by atoms with van der Waals surface area (Å²) >= 11 is 0. The van der Waals surface area contributed by atoms with Crippen molar-refractivity contribution in [1.82, 2.24) is 14.8 Å². The van der Waals surface area contributed by atoms with Gasteiger partial charge in [0.1, 0.15) is 11.6 Å². The molecule has 0 aliphatic carbocycles. The van der Waals surface area contributed by atoms with E-state index in [9.17, 15) is 22.8 Å². The van der Waals surface area contributed by atoms with Crippen molar-refractivity contribution < 1.29 is 27.5 Å². The number of hydrogen-bond acceptors (Lipinski definition) is 5. The number of carbonyl (C=O) groups is 2. The van der Waals surface area contributed by atoms with E-state index in [2.05, 4.69) is 15.4 Å². The molecule has 0 bridgehead atoms. The molecule has 1 aliphatic rings. The molecule has 178 valence electrons. The summed E-state index contributed by atoms with van der Waals surface area (Å²) in [7, 11) is 0. The average Bonchev–Trinajstić information content (AvgIpc) is 3.36. The van der Waals surface area contributed by atoms with Gasteiger partial charge in [-0.1, -0.05) is 12.1 Å². The Morgan fingerprint density at radius 1 is 1.24 bits per heavy atom. The topological polar surface area (TPSA) is 89.3 Å². The number of hydrogen-bond donors (Lipinski definition) is 1. The summed E-state index contributed by atoms with van der Waals surface area (Å²) in [4.78, 5) is 31.0. The maximum absolute atomic E-state index is 13.0. The number of aromatic nitrogens is 3. The Morgan fingerprint density at radius 3 is 2.68 bits per heavy atom. The standard InChI is InChI=1S/C23H22F3N5O3/c1-3-34-18-7-5-4-6-17(18)30-13-15(11-21(30)32)22(33)28-20-10-14(2)29-31(20)19-9-8-16(12-27-19)23(24,25)26/h4-10,12,15H,3,11,13H2,1-2H3,(H,28,33). The van der Waals surface area contributed by atoms with Crippen LogP contribution in [-0.2, 0) is 15.8 Å². The van der Waals surface area contributed by atoms with Crippen LogP contribution in [0, 0.1) is 12.8 Å². The normalized spacial score (nSPS) is 16.1. The van der Waals surface area contributed by atoms with Gasteiger partial charge in [-0.25, -0.2) is 4.98 Å². The van der Waals surface area contributed by atoms with Gasteiger partial charge in [0.05, 0.1) is 29.5 Å². The minimum Gasteiger partial charge on any atom is -0.492 e. The first-order valence-corrected chi connectivity index (χ1v) is 10.6. The highest BCUT2D eigenvalue weighted by atomic mass is 19.4.